The molecule has 4 aromatic rings. The molecule has 2 heterocycles. The van der Waals surface area contributed by atoms with Gasteiger partial charge in [0.1, 0.15) is 5.82 Å². The molecule has 194 valence electrons. The van der Waals surface area contributed by atoms with Gasteiger partial charge in [-0.3, -0.25) is 9.78 Å². The highest BCUT2D eigenvalue weighted by Crippen LogP contribution is 2.24. The minimum Gasteiger partial charge on any atom is -0.335 e. The van der Waals surface area contributed by atoms with E-state index in [4.69, 9.17) is 0 Å². The number of rotatable bonds is 5. The molecule has 38 heavy (non-hydrogen) atoms. The number of pyridine rings is 1. The number of urea groups is 1. The lowest BCUT2D eigenvalue weighted by molar-refractivity contribution is 0.0671. The van der Waals surface area contributed by atoms with Gasteiger partial charge in [0.15, 0.2) is 9.84 Å². The summed E-state index contributed by atoms with van der Waals surface area (Å²) in [5.74, 6) is -0.932. The zero-order valence-corrected chi connectivity index (χ0v) is 21.2. The van der Waals surface area contributed by atoms with Gasteiger partial charge in [0, 0.05) is 43.3 Å². The van der Waals surface area contributed by atoms with Crippen LogP contribution in [-0.4, -0.2) is 61.3 Å². The van der Waals surface area contributed by atoms with Crippen LogP contribution in [0.2, 0.25) is 0 Å². The smallest absolute Gasteiger partial charge is 0.322 e. The Balaban J connectivity index is 1.20. The molecule has 8 nitrogen and oxygen atoms in total. The fraction of sp³-hybridized carbons (Fsp3) is 0.179. The number of nitrogens with one attached hydrogen (secondary N) is 1. The Morgan fingerprint density at radius 2 is 1.53 bits per heavy atom. The average Bonchev–Trinajstić information content (AvgIpc) is 2.94. The van der Waals surface area contributed by atoms with Gasteiger partial charge in [-0.2, -0.15) is 0 Å². The van der Waals surface area contributed by atoms with Gasteiger partial charge in [-0.1, -0.05) is 42.5 Å². The average molecular weight is 533 g/mol. The van der Waals surface area contributed by atoms with Crippen molar-refractivity contribution in [3.05, 3.63) is 102 Å². The van der Waals surface area contributed by atoms with E-state index in [0.717, 1.165) is 5.39 Å². The number of anilines is 1. The molecular formula is C28H25FN4O4S. The minimum atomic E-state index is -3.66. The summed E-state index contributed by atoms with van der Waals surface area (Å²) in [5, 5.41) is 3.31. The van der Waals surface area contributed by atoms with Gasteiger partial charge in [0.05, 0.1) is 21.9 Å². The molecule has 1 N–H and O–H groups in total. The summed E-state index contributed by atoms with van der Waals surface area (Å²) in [6.45, 7) is 1.27. The van der Waals surface area contributed by atoms with Crippen LogP contribution in [0.1, 0.15) is 15.9 Å². The number of sulfone groups is 1. The molecule has 0 aliphatic carbocycles. The molecule has 5 rings (SSSR count). The summed E-state index contributed by atoms with van der Waals surface area (Å²) in [7, 11) is -3.66. The fourth-order valence-corrected chi connectivity index (χ4v) is 5.96. The third kappa shape index (κ3) is 5.35. The first-order chi connectivity index (χ1) is 18.3. The van der Waals surface area contributed by atoms with Crippen molar-refractivity contribution in [2.24, 2.45) is 0 Å². The fourth-order valence-electron chi connectivity index (χ4n) is 4.42. The van der Waals surface area contributed by atoms with E-state index in [2.05, 4.69) is 10.3 Å². The molecule has 1 aliphatic rings. The molecule has 1 saturated heterocycles. The summed E-state index contributed by atoms with van der Waals surface area (Å²) >= 11 is 0. The van der Waals surface area contributed by atoms with Crippen molar-refractivity contribution in [1.29, 1.82) is 0 Å². The third-order valence-electron chi connectivity index (χ3n) is 6.46. The van der Waals surface area contributed by atoms with Gasteiger partial charge in [0.2, 0.25) is 0 Å². The number of hydrogen-bond donors (Lipinski definition) is 1. The number of carbonyl (C=O) groups excluding carboxylic acids is 2. The largest absolute Gasteiger partial charge is 0.335 e. The van der Waals surface area contributed by atoms with Gasteiger partial charge in [-0.15, -0.1) is 0 Å². The second-order valence-corrected chi connectivity index (χ2v) is 10.9. The molecule has 3 aromatic carbocycles. The number of piperazine rings is 1. The maximum atomic E-state index is 13.8. The van der Waals surface area contributed by atoms with Gasteiger partial charge in [0.25, 0.3) is 5.91 Å². The second kappa shape index (κ2) is 10.6. The van der Waals surface area contributed by atoms with Crippen molar-refractivity contribution in [3.63, 3.8) is 0 Å². The van der Waals surface area contributed by atoms with E-state index in [1.165, 1.54) is 17.0 Å². The zero-order chi connectivity index (χ0) is 26.7. The number of carbonyl (C=O) groups is 2. The highest BCUT2D eigenvalue weighted by atomic mass is 32.2. The Labute approximate surface area is 219 Å². The molecule has 0 spiro atoms. The lowest BCUT2D eigenvalue weighted by Gasteiger charge is -2.34. The predicted octanol–water partition coefficient (Wildman–Crippen LogP) is 4.34. The summed E-state index contributed by atoms with van der Waals surface area (Å²) < 4.78 is 40.1. The first-order valence-corrected chi connectivity index (χ1v) is 13.7. The number of aromatic nitrogens is 1. The number of amides is 3. The molecule has 0 unspecified atom stereocenters. The first kappa shape index (κ1) is 25.3. The van der Waals surface area contributed by atoms with Crippen molar-refractivity contribution in [2.75, 3.05) is 31.5 Å². The van der Waals surface area contributed by atoms with Crippen molar-refractivity contribution >= 4 is 38.4 Å². The molecule has 1 aromatic heterocycles. The molecule has 0 bridgehead atoms. The number of para-hydroxylation sites is 2. The number of nitrogens with zero attached hydrogens (tertiary/aromatic N) is 3. The lowest BCUT2D eigenvalue weighted by Crippen LogP contribution is -2.51. The van der Waals surface area contributed by atoms with Crippen LogP contribution in [0.5, 0.6) is 0 Å². The Kier molecular flexibility index (Phi) is 7.06. The monoisotopic (exact) mass is 532 g/mol. The van der Waals surface area contributed by atoms with Crippen molar-refractivity contribution in [1.82, 2.24) is 14.8 Å². The number of halogens is 1. The summed E-state index contributed by atoms with van der Waals surface area (Å²) in [4.78, 5) is 33.1. The van der Waals surface area contributed by atoms with E-state index in [9.17, 15) is 22.4 Å². The van der Waals surface area contributed by atoms with E-state index < -0.39 is 21.7 Å². The number of hydrogen-bond acceptors (Lipinski definition) is 5. The highest BCUT2D eigenvalue weighted by Gasteiger charge is 2.26. The van der Waals surface area contributed by atoms with Gasteiger partial charge < -0.3 is 15.1 Å². The molecule has 1 aliphatic heterocycles. The molecule has 0 radical (unpaired) electrons. The summed E-state index contributed by atoms with van der Waals surface area (Å²) in [5.41, 5.74) is 1.53. The lowest BCUT2D eigenvalue weighted by atomic mass is 10.1. The molecule has 0 atom stereocenters. The quantitative estimate of drug-likeness (QED) is 0.412. The highest BCUT2D eigenvalue weighted by molar-refractivity contribution is 7.90. The van der Waals surface area contributed by atoms with E-state index in [-0.39, 0.29) is 22.2 Å². The standard InChI is InChI=1S/C28H25FN4O4S/c29-23-7-1-2-8-24(23)31-28(35)33-17-15-32(16-18-33)27(34)22-12-10-20(11-13-22)19-38(36,37)25-9-3-5-21-6-4-14-30-26(21)25/h1-14H,15-19H2,(H,31,35). The Morgan fingerprint density at radius 3 is 2.26 bits per heavy atom. The van der Waals surface area contributed by atoms with Crippen molar-refractivity contribution in [2.45, 2.75) is 10.6 Å². The Morgan fingerprint density at radius 1 is 0.842 bits per heavy atom. The van der Waals surface area contributed by atoms with Gasteiger partial charge in [-0.05, 0) is 42.0 Å². The van der Waals surface area contributed by atoms with Crippen LogP contribution < -0.4 is 5.32 Å². The Hall–Kier alpha value is -4.31. The minimum absolute atomic E-state index is 0.106. The van der Waals surface area contributed by atoms with Gasteiger partial charge in [-0.25, -0.2) is 17.6 Å². The van der Waals surface area contributed by atoms with Crippen LogP contribution in [0.25, 0.3) is 10.9 Å². The number of fused-ring (bicyclic) bond motifs is 1. The maximum absolute atomic E-state index is 13.8. The molecular weight excluding hydrogens is 507 g/mol. The SMILES string of the molecule is O=C(Nc1ccccc1F)N1CCN(C(=O)c2ccc(CS(=O)(=O)c3cccc4cccnc34)cc2)CC1. The predicted molar refractivity (Wildman–Crippen MR) is 142 cm³/mol. The van der Waals surface area contributed by atoms with Crippen LogP contribution >= 0.6 is 0 Å². The zero-order valence-electron chi connectivity index (χ0n) is 20.4. The topological polar surface area (TPSA) is 99.7 Å². The second-order valence-electron chi connectivity index (χ2n) is 8.98. The Bertz CT molecular complexity index is 1600. The van der Waals surface area contributed by atoms with Crippen LogP contribution in [-0.2, 0) is 15.6 Å². The van der Waals surface area contributed by atoms with Crippen LogP contribution in [0, 0.1) is 5.82 Å². The molecule has 3 amide bonds. The normalized spacial score (nSPS) is 13.9. The number of benzene rings is 3. The van der Waals surface area contributed by atoms with E-state index in [1.54, 1.807) is 65.7 Å². The third-order valence-corrected chi connectivity index (χ3v) is 8.17. The molecule has 0 saturated carbocycles. The van der Waals surface area contributed by atoms with Crippen molar-refractivity contribution < 1.29 is 22.4 Å². The maximum Gasteiger partial charge on any atom is 0.322 e. The summed E-state index contributed by atoms with van der Waals surface area (Å²) in [6, 6.07) is 20.7. The summed E-state index contributed by atoms with van der Waals surface area (Å²) in [6.07, 6.45) is 1.57. The van der Waals surface area contributed by atoms with E-state index in [1.807, 2.05) is 12.1 Å². The van der Waals surface area contributed by atoms with Crippen LogP contribution in [0.15, 0.2) is 90.0 Å². The van der Waals surface area contributed by atoms with Crippen LogP contribution in [0.4, 0.5) is 14.9 Å². The molecule has 1 fully saturated rings. The van der Waals surface area contributed by atoms with Crippen LogP contribution in [0.3, 0.4) is 0 Å². The molecule has 10 heteroatoms. The van der Waals surface area contributed by atoms with E-state index >= 15 is 0 Å². The van der Waals surface area contributed by atoms with Gasteiger partial charge >= 0.3 is 6.03 Å². The van der Waals surface area contributed by atoms with E-state index in [0.29, 0.717) is 42.8 Å². The first-order valence-electron chi connectivity index (χ1n) is 12.1. The van der Waals surface area contributed by atoms with Crippen molar-refractivity contribution in [3.8, 4) is 0 Å².